The molecule has 100 valence electrons. The van der Waals surface area contributed by atoms with Crippen LogP contribution in [0.5, 0.6) is 0 Å². The minimum Gasteiger partial charge on any atom is -0.478 e. The minimum atomic E-state index is -3.89. The van der Waals surface area contributed by atoms with Crippen molar-refractivity contribution in [3.05, 3.63) is 42.4 Å². The molecule has 8 heteroatoms. The molecule has 0 atom stereocenters. The van der Waals surface area contributed by atoms with Gasteiger partial charge in [-0.25, -0.2) is 9.78 Å². The number of nitrogens with zero attached hydrogens (tertiary/aromatic N) is 2. The molecule has 0 amide bonds. The van der Waals surface area contributed by atoms with Crippen molar-refractivity contribution in [3.8, 4) is 0 Å². The Bertz CT molecular complexity index is 721. The summed E-state index contributed by atoms with van der Waals surface area (Å²) >= 11 is 0. The zero-order valence-corrected chi connectivity index (χ0v) is 10.8. The molecule has 0 aliphatic heterocycles. The van der Waals surface area contributed by atoms with Crippen molar-refractivity contribution in [2.45, 2.75) is 5.03 Å². The van der Waals surface area contributed by atoms with Gasteiger partial charge in [-0.2, -0.15) is 8.42 Å². The Morgan fingerprint density at radius 2 is 2.05 bits per heavy atom. The number of hydrogen-bond donors (Lipinski definition) is 2. The summed E-state index contributed by atoms with van der Waals surface area (Å²) in [6.07, 6.45) is 2.67. The van der Waals surface area contributed by atoms with Crippen LogP contribution in [-0.4, -0.2) is 29.0 Å². The smallest absolute Gasteiger partial charge is 0.337 e. The van der Waals surface area contributed by atoms with Crippen LogP contribution in [0.1, 0.15) is 10.4 Å². The maximum absolute atomic E-state index is 12.0. The molecule has 7 nitrogen and oxygen atoms in total. The lowest BCUT2D eigenvalue weighted by Gasteiger charge is -2.08. The number of carboxylic acid groups (broad SMARTS) is 1. The summed E-state index contributed by atoms with van der Waals surface area (Å²) in [5, 5.41) is 8.81. The molecule has 0 saturated carbocycles. The maximum Gasteiger partial charge on any atom is 0.337 e. The first kappa shape index (κ1) is 13.1. The number of hydrogen-bond acceptors (Lipinski definition) is 4. The number of aryl methyl sites for hydroxylation is 1. The Kier molecular flexibility index (Phi) is 3.26. The van der Waals surface area contributed by atoms with Gasteiger partial charge in [0.15, 0.2) is 5.03 Å². The van der Waals surface area contributed by atoms with Gasteiger partial charge in [0.1, 0.15) is 0 Å². The number of aromatic carboxylic acids is 1. The molecule has 1 heterocycles. The molecule has 0 saturated heterocycles. The molecule has 1 aromatic carbocycles. The molecule has 2 aromatic rings. The van der Waals surface area contributed by atoms with E-state index in [1.165, 1.54) is 35.3 Å². The fourth-order valence-corrected chi connectivity index (χ4v) is 2.55. The van der Waals surface area contributed by atoms with Gasteiger partial charge in [-0.1, -0.05) is 12.1 Å². The molecular formula is C11H11N3O4S. The molecule has 0 spiro atoms. The van der Waals surface area contributed by atoms with Crippen LogP contribution in [0.4, 0.5) is 5.69 Å². The fraction of sp³-hybridized carbons (Fsp3) is 0.0909. The van der Waals surface area contributed by atoms with Crippen LogP contribution in [-0.2, 0) is 17.1 Å². The number of sulfonamides is 1. The third-order valence-corrected chi connectivity index (χ3v) is 3.61. The van der Waals surface area contributed by atoms with Gasteiger partial charge >= 0.3 is 5.97 Å². The van der Waals surface area contributed by atoms with E-state index >= 15 is 0 Å². The largest absolute Gasteiger partial charge is 0.478 e. The molecule has 2 N–H and O–H groups in total. The second-order valence-electron chi connectivity index (χ2n) is 3.83. The van der Waals surface area contributed by atoms with E-state index in [1.807, 2.05) is 0 Å². The second kappa shape index (κ2) is 4.73. The average molecular weight is 281 g/mol. The topological polar surface area (TPSA) is 101 Å². The van der Waals surface area contributed by atoms with E-state index in [0.717, 1.165) is 0 Å². The number of para-hydroxylation sites is 1. The fourth-order valence-electron chi connectivity index (χ4n) is 1.48. The van der Waals surface area contributed by atoms with Crippen molar-refractivity contribution < 1.29 is 18.3 Å². The zero-order chi connectivity index (χ0) is 14.0. The Balaban J connectivity index is 2.39. The highest BCUT2D eigenvalue weighted by Gasteiger charge is 2.20. The van der Waals surface area contributed by atoms with Gasteiger partial charge in [-0.3, -0.25) is 4.72 Å². The zero-order valence-electron chi connectivity index (χ0n) is 9.94. The summed E-state index contributed by atoms with van der Waals surface area (Å²) in [6, 6.07) is 5.76. The van der Waals surface area contributed by atoms with E-state index in [4.69, 9.17) is 5.11 Å². The van der Waals surface area contributed by atoms with Crippen LogP contribution in [0, 0.1) is 0 Å². The SMILES string of the molecule is Cn1cnc(S(=O)(=O)Nc2ccccc2C(=O)O)c1. The molecule has 1 aromatic heterocycles. The molecule has 0 unspecified atom stereocenters. The number of nitrogens with one attached hydrogen (secondary N) is 1. The summed E-state index contributed by atoms with van der Waals surface area (Å²) in [5.74, 6) is -1.21. The maximum atomic E-state index is 12.0. The first-order chi connectivity index (χ1) is 8.90. The third kappa shape index (κ3) is 2.74. The molecule has 0 bridgehead atoms. The normalized spacial score (nSPS) is 11.2. The van der Waals surface area contributed by atoms with Crippen LogP contribution < -0.4 is 4.72 Å². The van der Waals surface area contributed by atoms with Gasteiger partial charge in [0.2, 0.25) is 0 Å². The van der Waals surface area contributed by atoms with Gasteiger partial charge in [-0.05, 0) is 12.1 Å². The number of anilines is 1. The van der Waals surface area contributed by atoms with Crippen molar-refractivity contribution in [1.82, 2.24) is 9.55 Å². The summed E-state index contributed by atoms with van der Waals surface area (Å²) in [4.78, 5) is 14.7. The standard InChI is InChI=1S/C11H11N3O4S/c1-14-6-10(12-7-14)19(17,18)13-9-5-3-2-4-8(9)11(15)16/h2-7,13H,1H3,(H,15,16). The van der Waals surface area contributed by atoms with E-state index in [0.29, 0.717) is 0 Å². The second-order valence-corrected chi connectivity index (χ2v) is 5.46. The van der Waals surface area contributed by atoms with Gasteiger partial charge < -0.3 is 9.67 Å². The Morgan fingerprint density at radius 3 is 2.63 bits per heavy atom. The van der Waals surface area contributed by atoms with Crippen LogP contribution in [0.2, 0.25) is 0 Å². The molecule has 0 radical (unpaired) electrons. The predicted molar refractivity (Wildman–Crippen MR) is 67.4 cm³/mol. The van der Waals surface area contributed by atoms with Crippen LogP contribution in [0.15, 0.2) is 41.8 Å². The van der Waals surface area contributed by atoms with Gasteiger partial charge in [0.05, 0.1) is 17.6 Å². The number of carboxylic acids is 1. The van der Waals surface area contributed by atoms with Crippen LogP contribution in [0.3, 0.4) is 0 Å². The Hall–Kier alpha value is -2.35. The highest BCUT2D eigenvalue weighted by atomic mass is 32.2. The number of rotatable bonds is 4. The van der Waals surface area contributed by atoms with Crippen molar-refractivity contribution in [2.75, 3.05) is 4.72 Å². The quantitative estimate of drug-likeness (QED) is 0.867. The molecule has 0 fully saturated rings. The predicted octanol–water partition coefficient (Wildman–Crippen LogP) is 0.919. The lowest BCUT2D eigenvalue weighted by molar-refractivity contribution is 0.0698. The molecule has 0 aliphatic carbocycles. The summed E-state index contributed by atoms with van der Waals surface area (Å²) < 4.78 is 27.7. The van der Waals surface area contributed by atoms with Crippen molar-refractivity contribution in [3.63, 3.8) is 0 Å². The first-order valence-electron chi connectivity index (χ1n) is 5.23. The summed E-state index contributed by atoms with van der Waals surface area (Å²) in [7, 11) is -2.26. The van der Waals surface area contributed by atoms with E-state index in [2.05, 4.69) is 9.71 Å². The van der Waals surface area contributed by atoms with E-state index in [1.54, 1.807) is 13.1 Å². The van der Waals surface area contributed by atoms with E-state index in [9.17, 15) is 13.2 Å². The monoisotopic (exact) mass is 281 g/mol. The molecule has 0 aliphatic rings. The van der Waals surface area contributed by atoms with Gasteiger partial charge in [-0.15, -0.1) is 0 Å². The Labute approximate surface area is 109 Å². The lowest BCUT2D eigenvalue weighted by Crippen LogP contribution is -2.15. The number of carbonyl (C=O) groups is 1. The lowest BCUT2D eigenvalue weighted by atomic mass is 10.2. The number of imidazole rings is 1. The van der Waals surface area contributed by atoms with E-state index in [-0.39, 0.29) is 16.3 Å². The minimum absolute atomic E-state index is 0.000605. The van der Waals surface area contributed by atoms with Crippen molar-refractivity contribution >= 4 is 21.7 Å². The van der Waals surface area contributed by atoms with Crippen LogP contribution >= 0.6 is 0 Å². The highest BCUT2D eigenvalue weighted by molar-refractivity contribution is 7.92. The van der Waals surface area contributed by atoms with Gasteiger partial charge in [0, 0.05) is 13.2 Å². The van der Waals surface area contributed by atoms with E-state index < -0.39 is 16.0 Å². The molecule has 19 heavy (non-hydrogen) atoms. The third-order valence-electron chi connectivity index (χ3n) is 2.36. The van der Waals surface area contributed by atoms with Crippen molar-refractivity contribution in [1.29, 1.82) is 0 Å². The summed E-state index contributed by atoms with van der Waals surface area (Å²) in [6.45, 7) is 0. The van der Waals surface area contributed by atoms with Crippen molar-refractivity contribution in [2.24, 2.45) is 7.05 Å². The summed E-state index contributed by atoms with van der Waals surface area (Å²) in [5.41, 5.74) is -0.123. The first-order valence-corrected chi connectivity index (χ1v) is 6.71. The highest BCUT2D eigenvalue weighted by Crippen LogP contribution is 2.19. The number of aromatic nitrogens is 2. The number of benzene rings is 1. The average Bonchev–Trinajstić information content (AvgIpc) is 2.76. The molecular weight excluding hydrogens is 270 g/mol. The molecule has 2 rings (SSSR count). The van der Waals surface area contributed by atoms with Crippen LogP contribution in [0.25, 0.3) is 0 Å². The Morgan fingerprint density at radius 1 is 1.37 bits per heavy atom. The van der Waals surface area contributed by atoms with Gasteiger partial charge in [0.25, 0.3) is 10.0 Å².